The summed E-state index contributed by atoms with van der Waals surface area (Å²) in [7, 11) is 0. The molecular formula is C66H78FN7O16. The third kappa shape index (κ3) is 15.3. The molecule has 24 heteroatoms. The molecule has 2 aromatic carbocycles. The van der Waals surface area contributed by atoms with E-state index in [1.165, 1.54) is 27.7 Å². The third-order valence-electron chi connectivity index (χ3n) is 17.7. The number of aliphatic hydroxyl groups is 1. The zero-order valence-electron chi connectivity index (χ0n) is 51.1. The van der Waals surface area contributed by atoms with Crippen LogP contribution in [0.2, 0.25) is 0 Å². The Balaban J connectivity index is 0.690. The molecule has 90 heavy (non-hydrogen) atoms. The molecule has 3 atom stereocenters. The number of ether oxygens (including phenoxy) is 4. The van der Waals surface area contributed by atoms with E-state index in [0.29, 0.717) is 85.2 Å². The molecule has 2 aliphatic carbocycles. The van der Waals surface area contributed by atoms with Crippen molar-refractivity contribution in [2.45, 2.75) is 129 Å². The average molecular weight is 1240 g/mol. The van der Waals surface area contributed by atoms with E-state index in [4.69, 9.17) is 23.9 Å². The maximum Gasteiger partial charge on any atom is 0.343 e. The van der Waals surface area contributed by atoms with Crippen LogP contribution in [0.25, 0.3) is 22.3 Å². The van der Waals surface area contributed by atoms with Crippen LogP contribution in [0.1, 0.15) is 129 Å². The van der Waals surface area contributed by atoms with Crippen molar-refractivity contribution in [2.24, 2.45) is 17.8 Å². The number of nitrogens with zero attached hydrogens (tertiary/aromatic N) is 4. The van der Waals surface area contributed by atoms with E-state index in [0.717, 1.165) is 29.5 Å². The predicted octanol–water partition coefficient (Wildman–Crippen LogP) is 4.01. The maximum absolute atomic E-state index is 15.6. The van der Waals surface area contributed by atoms with Crippen LogP contribution in [0.4, 0.5) is 4.39 Å². The molecule has 480 valence electrons. The van der Waals surface area contributed by atoms with E-state index < -0.39 is 58.3 Å². The molecule has 0 unspecified atom stereocenters. The molecule has 0 radical (unpaired) electrons. The van der Waals surface area contributed by atoms with Crippen molar-refractivity contribution in [2.75, 3.05) is 72.4 Å². The molecule has 0 bridgehead atoms. The number of cyclic esters (lactones) is 1. The largest absolute Gasteiger partial charge is 0.458 e. The highest BCUT2D eigenvalue weighted by atomic mass is 19.1. The van der Waals surface area contributed by atoms with Gasteiger partial charge in [0, 0.05) is 91.9 Å². The number of aryl methyl sites for hydroxylation is 1. The quantitative estimate of drug-likeness (QED) is 0.0269. The second-order valence-corrected chi connectivity index (χ2v) is 23.8. The van der Waals surface area contributed by atoms with Crippen molar-refractivity contribution in [3.8, 4) is 11.4 Å². The summed E-state index contributed by atoms with van der Waals surface area (Å²) in [5.41, 5.74) is 2.24. The van der Waals surface area contributed by atoms with Crippen LogP contribution in [-0.2, 0) is 98.5 Å². The molecule has 3 aliphatic heterocycles. The normalized spacial score (nSPS) is 19.2. The molecule has 5 aliphatic rings. The number of carbonyl (C=O) groups excluding carboxylic acids is 10. The molecule has 4 aromatic rings. The number of halogens is 1. The van der Waals surface area contributed by atoms with Gasteiger partial charge in [-0.1, -0.05) is 44.2 Å². The molecule has 0 spiro atoms. The lowest BCUT2D eigenvalue weighted by atomic mass is 9.81. The first-order valence-electron chi connectivity index (χ1n) is 31.1. The summed E-state index contributed by atoms with van der Waals surface area (Å²) >= 11 is 0. The highest BCUT2D eigenvalue weighted by Gasteiger charge is 2.46. The molecule has 4 N–H and O–H groups in total. The number of hydrogen-bond acceptors (Lipinski definition) is 17. The standard InChI is InChI=1S/C66H78FN7O16/c1-4-23-72(53-17-16-47-39(3)51(67)31-52-59(47)60(53)48-35-73-54(61(48)71-52)30-50-49(64(73)84)37-90-65(85)66(50,86)5-2)58(81)38-88-24-21-44(75)32-70-63(83)43(28-40-9-7-6-8-10-40)29-46(77)33-69-55(78)18-15-45(76)36-89-27-26-87-25-22-68-62(82)42-13-11-41(12-14-42)34-74-56(79)19-20-57(74)80/h6-10,19-20,30-31,41-43,53,86H,4-5,11-18,21-29,32-38H2,1-3H3,(H,68,82)(H,69,78)(H,70,83)/t41?,42?,43-,53+,66+/m1/s1. The van der Waals surface area contributed by atoms with E-state index in [1.54, 1.807) is 49.1 Å². The summed E-state index contributed by atoms with van der Waals surface area (Å²) in [5, 5.41) is 20.2. The minimum Gasteiger partial charge on any atom is -0.458 e. The van der Waals surface area contributed by atoms with Crippen LogP contribution in [0.15, 0.2) is 59.4 Å². The van der Waals surface area contributed by atoms with Gasteiger partial charge in [0.25, 0.3) is 17.4 Å². The van der Waals surface area contributed by atoms with Gasteiger partial charge in [-0.05, 0) is 98.9 Å². The number of nitrogens with one attached hydrogen (secondary N) is 3. The molecule has 9 rings (SSSR count). The maximum atomic E-state index is 15.6. The van der Waals surface area contributed by atoms with Gasteiger partial charge in [-0.3, -0.25) is 52.8 Å². The van der Waals surface area contributed by atoms with Gasteiger partial charge in [0.15, 0.2) is 23.0 Å². The Morgan fingerprint density at radius 2 is 1.53 bits per heavy atom. The van der Waals surface area contributed by atoms with E-state index in [1.807, 2.05) is 13.0 Å². The Labute approximate surface area is 519 Å². The van der Waals surface area contributed by atoms with E-state index in [9.17, 15) is 57.8 Å². The SMILES string of the molecule is CCCN(C(=O)COCCC(=O)CNC(=O)[C@@H](CC(=O)CNC(=O)CCC(=O)COCCOCCNC(=O)C1CCC(CN2C(=O)C=CC2=O)CC1)Cc1ccccc1)[C@H]1CCc2c(C)c(F)cc3nc4c(c1c23)Cn1c-4cc2c(c1=O)COC(=O)[C@]2(O)CC. The van der Waals surface area contributed by atoms with Crippen molar-refractivity contribution in [1.29, 1.82) is 0 Å². The van der Waals surface area contributed by atoms with Crippen LogP contribution in [-0.4, -0.2) is 156 Å². The lowest BCUT2D eigenvalue weighted by Gasteiger charge is -2.37. The minimum atomic E-state index is -2.05. The summed E-state index contributed by atoms with van der Waals surface area (Å²) in [6.45, 7) is 4.95. The Hall–Kier alpha value is -8.19. The summed E-state index contributed by atoms with van der Waals surface area (Å²) in [6, 6.07) is 11.4. The molecule has 1 fully saturated rings. The predicted molar refractivity (Wildman–Crippen MR) is 322 cm³/mol. The number of rotatable bonds is 32. The van der Waals surface area contributed by atoms with Gasteiger partial charge in [0.1, 0.15) is 25.6 Å². The zero-order valence-corrected chi connectivity index (χ0v) is 51.1. The van der Waals surface area contributed by atoms with Crippen molar-refractivity contribution < 1.29 is 76.4 Å². The van der Waals surface area contributed by atoms with E-state index in [2.05, 4.69) is 16.0 Å². The monoisotopic (exact) mass is 1240 g/mol. The van der Waals surface area contributed by atoms with Crippen LogP contribution < -0.4 is 21.5 Å². The summed E-state index contributed by atoms with van der Waals surface area (Å²) in [6.07, 6.45) is 6.18. The van der Waals surface area contributed by atoms with E-state index in [-0.39, 0.29) is 157 Å². The summed E-state index contributed by atoms with van der Waals surface area (Å²) < 4.78 is 39.1. The highest BCUT2D eigenvalue weighted by Crippen LogP contribution is 2.48. The average Bonchev–Trinajstić information content (AvgIpc) is 1.46. The molecule has 0 saturated heterocycles. The second-order valence-electron chi connectivity index (χ2n) is 23.8. The Kier molecular flexibility index (Phi) is 22.1. The minimum absolute atomic E-state index is 0.0451. The number of amides is 6. The second kappa shape index (κ2) is 30.1. The van der Waals surface area contributed by atoms with Crippen LogP contribution in [0, 0.1) is 30.5 Å². The van der Waals surface area contributed by atoms with Gasteiger partial charge >= 0.3 is 5.97 Å². The number of ketones is 3. The smallest absolute Gasteiger partial charge is 0.343 e. The molecule has 2 aromatic heterocycles. The number of aromatic nitrogens is 2. The lowest BCUT2D eigenvalue weighted by Crippen LogP contribution is -2.44. The number of fused-ring (bicyclic) bond motifs is 5. The summed E-state index contributed by atoms with van der Waals surface area (Å²) in [5.74, 6) is -5.49. The molecule has 5 heterocycles. The first kappa shape index (κ1) is 66.2. The van der Waals surface area contributed by atoms with E-state index >= 15 is 4.39 Å². The van der Waals surface area contributed by atoms with Crippen LogP contribution in [0.5, 0.6) is 0 Å². The lowest BCUT2D eigenvalue weighted by molar-refractivity contribution is -0.172. The first-order valence-corrected chi connectivity index (χ1v) is 31.1. The van der Waals surface area contributed by atoms with Gasteiger partial charge in [-0.15, -0.1) is 0 Å². The Morgan fingerprint density at radius 3 is 2.27 bits per heavy atom. The fraction of sp³-hybridized carbons (Fsp3) is 0.515. The van der Waals surface area contributed by atoms with Gasteiger partial charge in [-0.2, -0.15) is 0 Å². The van der Waals surface area contributed by atoms with Gasteiger partial charge in [0.05, 0.1) is 74.6 Å². The first-order chi connectivity index (χ1) is 43.3. The Morgan fingerprint density at radius 1 is 0.811 bits per heavy atom. The molecular weight excluding hydrogens is 1170 g/mol. The van der Waals surface area contributed by atoms with Gasteiger partial charge in [-0.25, -0.2) is 14.2 Å². The molecule has 1 saturated carbocycles. The fourth-order valence-electron chi connectivity index (χ4n) is 12.8. The van der Waals surface area contributed by atoms with Crippen LogP contribution >= 0.6 is 0 Å². The number of Topliss-reactive ketones (excluding diaryl/α,β-unsaturated/α-hetero) is 3. The topological polar surface area (TPSA) is 305 Å². The number of pyridine rings is 2. The highest BCUT2D eigenvalue weighted by molar-refractivity contribution is 6.13. The summed E-state index contributed by atoms with van der Waals surface area (Å²) in [4.78, 5) is 151. The number of carbonyl (C=O) groups is 10. The van der Waals surface area contributed by atoms with Gasteiger partial charge < -0.3 is 49.5 Å². The van der Waals surface area contributed by atoms with Crippen molar-refractivity contribution >= 4 is 69.7 Å². The zero-order chi connectivity index (χ0) is 64.2. The number of imide groups is 1. The van der Waals surface area contributed by atoms with Crippen molar-refractivity contribution in [1.82, 2.24) is 35.3 Å². The molecule has 6 amide bonds. The number of hydrogen-bond donors (Lipinski definition) is 4. The number of esters is 1. The van der Waals surface area contributed by atoms with Crippen molar-refractivity contribution in [3.05, 3.63) is 110 Å². The van der Waals surface area contributed by atoms with Gasteiger partial charge in [0.2, 0.25) is 23.6 Å². The fourth-order valence-corrected chi connectivity index (χ4v) is 12.8. The number of benzene rings is 2. The third-order valence-corrected chi connectivity index (χ3v) is 17.7. The van der Waals surface area contributed by atoms with Crippen LogP contribution in [0.3, 0.4) is 0 Å². The Bertz CT molecular complexity index is 3530. The molecule has 23 nitrogen and oxygen atoms in total. The van der Waals surface area contributed by atoms with Crippen molar-refractivity contribution in [3.63, 3.8) is 0 Å².